The number of urea groups is 1. The van der Waals surface area contributed by atoms with E-state index in [0.29, 0.717) is 32.5 Å². The second-order valence-corrected chi connectivity index (χ2v) is 6.98. The summed E-state index contributed by atoms with van der Waals surface area (Å²) in [6, 6.07) is 9.59. The zero-order valence-corrected chi connectivity index (χ0v) is 14.9. The Kier molecular flexibility index (Phi) is 4.70. The van der Waals surface area contributed by atoms with Crippen molar-refractivity contribution >= 4 is 12.2 Å². The molecule has 8 heteroatoms. The van der Waals surface area contributed by atoms with Gasteiger partial charge in [-0.3, -0.25) is 0 Å². The van der Waals surface area contributed by atoms with Gasteiger partial charge in [-0.05, 0) is 5.56 Å². The normalized spacial score (nSPS) is 19.4. The molecule has 2 aromatic rings. The predicted octanol–water partition coefficient (Wildman–Crippen LogP) is 2.34. The van der Waals surface area contributed by atoms with Crippen LogP contribution in [-0.4, -0.2) is 51.9 Å². The summed E-state index contributed by atoms with van der Waals surface area (Å²) in [5.41, 5.74) is 0.468. The van der Waals surface area contributed by atoms with E-state index in [2.05, 4.69) is 10.3 Å². The third-order valence-corrected chi connectivity index (χ3v) is 5.17. The number of imidazole rings is 1. The molecule has 1 aromatic carbocycles. The molecular weight excluding hydrogens is 348 g/mol. The van der Waals surface area contributed by atoms with Gasteiger partial charge in [0.15, 0.2) is 5.60 Å². The van der Waals surface area contributed by atoms with Gasteiger partial charge in [-0.15, -0.1) is 0 Å². The molecule has 2 aliphatic heterocycles. The second kappa shape index (κ2) is 7.30. The van der Waals surface area contributed by atoms with Gasteiger partial charge in [0, 0.05) is 44.9 Å². The standard InChI is InChI=1S/C19H22N4O4/c24-17(23-9-6-19(7-10-23)13-26-18(25)27-19)21-16(12-22-11-8-20-14-22)15-4-2-1-3-5-15/h1-5,8,11,14,16H,6-7,9-10,12-13H2,(H,21,24). The first kappa shape index (κ1) is 17.4. The van der Waals surface area contributed by atoms with Crippen LogP contribution in [0.15, 0.2) is 49.1 Å². The summed E-state index contributed by atoms with van der Waals surface area (Å²) >= 11 is 0. The minimum atomic E-state index is -0.614. The van der Waals surface area contributed by atoms with Gasteiger partial charge in [-0.2, -0.15) is 0 Å². The first-order chi connectivity index (χ1) is 13.1. The van der Waals surface area contributed by atoms with Crippen LogP contribution in [0.4, 0.5) is 9.59 Å². The van der Waals surface area contributed by atoms with Crippen LogP contribution in [0.2, 0.25) is 0 Å². The first-order valence-corrected chi connectivity index (χ1v) is 9.05. The number of carbonyl (C=O) groups is 2. The number of ether oxygens (including phenoxy) is 2. The van der Waals surface area contributed by atoms with Crippen LogP contribution in [0.5, 0.6) is 0 Å². The number of carbonyl (C=O) groups excluding carboxylic acids is 2. The molecule has 27 heavy (non-hydrogen) atoms. The third kappa shape index (κ3) is 3.89. The van der Waals surface area contributed by atoms with Crippen LogP contribution in [0, 0.1) is 0 Å². The molecule has 0 aliphatic carbocycles. The van der Waals surface area contributed by atoms with Crippen molar-refractivity contribution in [2.45, 2.75) is 31.0 Å². The van der Waals surface area contributed by atoms with Crippen molar-refractivity contribution in [1.29, 1.82) is 0 Å². The molecule has 0 bridgehead atoms. The molecule has 1 spiro atoms. The number of nitrogens with one attached hydrogen (secondary N) is 1. The maximum atomic E-state index is 12.8. The molecule has 1 atom stereocenters. The average Bonchev–Trinajstić information content (AvgIpc) is 3.32. The van der Waals surface area contributed by atoms with Gasteiger partial charge >= 0.3 is 12.2 Å². The van der Waals surface area contributed by atoms with E-state index in [1.165, 1.54) is 0 Å². The van der Waals surface area contributed by atoms with Crippen LogP contribution in [0.1, 0.15) is 24.4 Å². The highest BCUT2D eigenvalue weighted by atomic mass is 16.8. The molecule has 1 unspecified atom stereocenters. The number of rotatable bonds is 4. The third-order valence-electron chi connectivity index (χ3n) is 5.17. The Balaban J connectivity index is 1.40. The number of amides is 2. The summed E-state index contributed by atoms with van der Waals surface area (Å²) in [4.78, 5) is 29.9. The van der Waals surface area contributed by atoms with Crippen molar-refractivity contribution < 1.29 is 19.1 Å². The molecule has 2 amide bonds. The van der Waals surface area contributed by atoms with Crippen molar-refractivity contribution in [2.24, 2.45) is 0 Å². The fourth-order valence-electron chi connectivity index (χ4n) is 3.56. The summed E-state index contributed by atoms with van der Waals surface area (Å²) in [6.07, 6.45) is 5.90. The summed E-state index contributed by atoms with van der Waals surface area (Å²) < 4.78 is 12.2. The Hall–Kier alpha value is -3.03. The van der Waals surface area contributed by atoms with Crippen molar-refractivity contribution in [1.82, 2.24) is 19.8 Å². The highest BCUT2D eigenvalue weighted by Gasteiger charge is 2.45. The lowest BCUT2D eigenvalue weighted by atomic mass is 9.92. The zero-order valence-electron chi connectivity index (χ0n) is 14.9. The lowest BCUT2D eigenvalue weighted by Gasteiger charge is -2.37. The van der Waals surface area contributed by atoms with Gasteiger partial charge < -0.3 is 24.3 Å². The van der Waals surface area contributed by atoms with Crippen molar-refractivity contribution in [3.63, 3.8) is 0 Å². The van der Waals surface area contributed by atoms with E-state index < -0.39 is 11.8 Å². The maximum Gasteiger partial charge on any atom is 0.509 e. The molecule has 1 N–H and O–H groups in total. The molecule has 2 saturated heterocycles. The number of likely N-dealkylation sites (tertiary alicyclic amines) is 1. The van der Waals surface area contributed by atoms with E-state index in [-0.39, 0.29) is 18.7 Å². The topological polar surface area (TPSA) is 85.7 Å². The summed E-state index contributed by atoms with van der Waals surface area (Å²) in [6.45, 7) is 1.91. The van der Waals surface area contributed by atoms with E-state index in [1.807, 2.05) is 41.1 Å². The van der Waals surface area contributed by atoms with Gasteiger partial charge in [0.25, 0.3) is 0 Å². The van der Waals surface area contributed by atoms with E-state index in [0.717, 1.165) is 5.56 Å². The van der Waals surface area contributed by atoms with Gasteiger partial charge in [-0.1, -0.05) is 30.3 Å². The number of hydrogen-bond donors (Lipinski definition) is 1. The Labute approximate surface area is 157 Å². The van der Waals surface area contributed by atoms with Crippen molar-refractivity contribution in [3.05, 3.63) is 54.6 Å². The number of aromatic nitrogens is 2. The monoisotopic (exact) mass is 370 g/mol. The van der Waals surface area contributed by atoms with Crippen LogP contribution < -0.4 is 5.32 Å². The van der Waals surface area contributed by atoms with E-state index in [4.69, 9.17) is 9.47 Å². The van der Waals surface area contributed by atoms with Crippen molar-refractivity contribution in [3.8, 4) is 0 Å². The fraction of sp³-hybridized carbons (Fsp3) is 0.421. The van der Waals surface area contributed by atoms with Crippen LogP contribution in [0.25, 0.3) is 0 Å². The molecule has 3 heterocycles. The van der Waals surface area contributed by atoms with E-state index in [1.54, 1.807) is 17.4 Å². The van der Waals surface area contributed by atoms with Gasteiger partial charge in [0.1, 0.15) is 6.61 Å². The fourth-order valence-corrected chi connectivity index (χ4v) is 3.56. The number of piperidine rings is 1. The smallest absolute Gasteiger partial charge is 0.430 e. The van der Waals surface area contributed by atoms with E-state index >= 15 is 0 Å². The molecule has 2 aliphatic rings. The quantitative estimate of drug-likeness (QED) is 0.835. The largest absolute Gasteiger partial charge is 0.509 e. The Morgan fingerprint density at radius 2 is 2.04 bits per heavy atom. The van der Waals surface area contributed by atoms with Gasteiger partial charge in [0.05, 0.1) is 12.4 Å². The Bertz CT molecular complexity index is 785. The number of nitrogens with zero attached hydrogens (tertiary/aromatic N) is 3. The minimum absolute atomic E-state index is 0.121. The minimum Gasteiger partial charge on any atom is -0.430 e. The number of benzene rings is 1. The first-order valence-electron chi connectivity index (χ1n) is 9.05. The van der Waals surface area contributed by atoms with Crippen LogP contribution in [0.3, 0.4) is 0 Å². The molecule has 2 fully saturated rings. The zero-order chi connectivity index (χ0) is 18.7. The average molecular weight is 370 g/mol. The van der Waals surface area contributed by atoms with E-state index in [9.17, 15) is 9.59 Å². The predicted molar refractivity (Wildman–Crippen MR) is 95.9 cm³/mol. The number of hydrogen-bond acceptors (Lipinski definition) is 5. The number of cyclic esters (lactones) is 1. The highest BCUT2D eigenvalue weighted by Crippen LogP contribution is 2.31. The molecule has 8 nitrogen and oxygen atoms in total. The summed E-state index contributed by atoms with van der Waals surface area (Å²) in [5.74, 6) is 0. The Morgan fingerprint density at radius 3 is 2.67 bits per heavy atom. The molecule has 4 rings (SSSR count). The highest BCUT2D eigenvalue weighted by molar-refractivity contribution is 5.75. The molecule has 0 radical (unpaired) electrons. The van der Waals surface area contributed by atoms with Gasteiger partial charge in [-0.25, -0.2) is 14.6 Å². The van der Waals surface area contributed by atoms with Crippen LogP contribution in [-0.2, 0) is 16.0 Å². The summed E-state index contributed by atoms with van der Waals surface area (Å²) in [7, 11) is 0. The SMILES string of the molecule is O=C1OCC2(CCN(C(=O)NC(Cn3ccnc3)c3ccccc3)CC2)O1. The van der Waals surface area contributed by atoms with Gasteiger partial charge in [0.2, 0.25) is 0 Å². The lowest BCUT2D eigenvalue weighted by Crippen LogP contribution is -2.51. The molecular formula is C19H22N4O4. The molecule has 0 saturated carbocycles. The summed E-state index contributed by atoms with van der Waals surface area (Å²) in [5, 5.41) is 3.13. The Morgan fingerprint density at radius 1 is 1.26 bits per heavy atom. The van der Waals surface area contributed by atoms with Crippen LogP contribution >= 0.6 is 0 Å². The lowest BCUT2D eigenvalue weighted by molar-refractivity contribution is 0.00907. The molecule has 1 aromatic heterocycles. The molecule has 142 valence electrons. The maximum absolute atomic E-state index is 12.8. The second-order valence-electron chi connectivity index (χ2n) is 6.98. The van der Waals surface area contributed by atoms with Crippen molar-refractivity contribution in [2.75, 3.05) is 19.7 Å².